The molecule has 0 radical (unpaired) electrons. The summed E-state index contributed by atoms with van der Waals surface area (Å²) in [4.78, 5) is 8.76. The molecule has 0 atom stereocenters. The minimum absolute atomic E-state index is 0.0712. The molecular weight excluding hydrogens is 466 g/mol. The van der Waals surface area contributed by atoms with Crippen LogP contribution in [0.4, 0.5) is 11.5 Å². The molecule has 0 aliphatic carbocycles. The number of thiocarbonyl (C=S) groups is 1. The predicted molar refractivity (Wildman–Crippen MR) is 152 cm³/mol. The van der Waals surface area contributed by atoms with Crippen molar-refractivity contribution in [3.63, 3.8) is 0 Å². The van der Waals surface area contributed by atoms with Gasteiger partial charge in [0.2, 0.25) is 0 Å². The highest BCUT2D eigenvalue weighted by molar-refractivity contribution is 7.79. The van der Waals surface area contributed by atoms with Gasteiger partial charge in [0.05, 0.1) is 6.61 Å². The van der Waals surface area contributed by atoms with Gasteiger partial charge in [0, 0.05) is 22.8 Å². The van der Waals surface area contributed by atoms with Crippen molar-refractivity contribution in [1.29, 1.82) is 0 Å². The third-order valence-electron chi connectivity index (χ3n) is 6.13. The summed E-state index contributed by atoms with van der Waals surface area (Å²) in [5.74, 6) is 1.40. The summed E-state index contributed by atoms with van der Waals surface area (Å²) in [6.07, 6.45) is 1.74. The van der Waals surface area contributed by atoms with Gasteiger partial charge in [0.25, 0.3) is 8.32 Å². The Morgan fingerprint density at radius 2 is 1.54 bits per heavy atom. The summed E-state index contributed by atoms with van der Waals surface area (Å²) in [5, 5.41) is 7.47. The topological polar surface area (TPSA) is 47.0 Å². The Balaban J connectivity index is 1.68. The first kappa shape index (κ1) is 24.9. The Labute approximate surface area is 214 Å². The fourth-order valence-corrected chi connectivity index (χ4v) is 9.21. The molecule has 0 aliphatic rings. The Morgan fingerprint density at radius 1 is 0.914 bits per heavy atom. The maximum absolute atomic E-state index is 7.08. The van der Waals surface area contributed by atoms with E-state index in [1.54, 1.807) is 11.6 Å². The zero-order valence-electron chi connectivity index (χ0n) is 20.7. The average molecular weight is 498 g/mol. The lowest BCUT2D eigenvalue weighted by molar-refractivity contribution is 0.286. The number of rotatable bonds is 8. The van der Waals surface area contributed by atoms with Gasteiger partial charge in [-0.05, 0) is 40.0 Å². The minimum Gasteiger partial charge on any atom is -0.403 e. The summed E-state index contributed by atoms with van der Waals surface area (Å²) >= 11 is 5.14. The Kier molecular flexibility index (Phi) is 7.55. The lowest BCUT2D eigenvalue weighted by atomic mass is 10.2. The summed E-state index contributed by atoms with van der Waals surface area (Å²) in [5.41, 5.74) is 2.82. The number of nitrogens with zero attached hydrogens (tertiary/aromatic N) is 2. The fourth-order valence-electron chi connectivity index (χ4n) is 4.49. The van der Waals surface area contributed by atoms with Crippen LogP contribution >= 0.6 is 12.2 Å². The molecule has 0 amide bonds. The zero-order chi connectivity index (χ0) is 24.9. The van der Waals surface area contributed by atoms with Crippen LogP contribution in [0.15, 0.2) is 91.1 Å². The molecule has 178 valence electrons. The number of nitrogens with one attached hydrogen (secondary N) is 1. The van der Waals surface area contributed by atoms with Gasteiger partial charge in [0.15, 0.2) is 0 Å². The van der Waals surface area contributed by atoms with E-state index < -0.39 is 8.32 Å². The van der Waals surface area contributed by atoms with Gasteiger partial charge < -0.3 is 9.74 Å². The van der Waals surface area contributed by atoms with Crippen LogP contribution in [0.1, 0.15) is 37.7 Å². The smallest absolute Gasteiger partial charge is 0.261 e. The van der Waals surface area contributed by atoms with E-state index in [9.17, 15) is 0 Å². The standard InChI is InChI=1S/C29H31N3OSSi/c1-22-30-19-24(21-34)28(31-22)32-25-13-11-12-23(18-25)20-33-35(29(2,3)4,26-14-7-5-8-15-26)27-16-9-6-10-17-27/h5-19,21H,20H2,1-4H3,(H,30,31,32). The first-order valence-corrected chi connectivity index (χ1v) is 14.1. The highest BCUT2D eigenvalue weighted by atomic mass is 32.1. The van der Waals surface area contributed by atoms with Crippen molar-refractivity contribution >= 4 is 47.8 Å². The Hall–Kier alpha value is -3.19. The largest absolute Gasteiger partial charge is 0.403 e. The van der Waals surface area contributed by atoms with Crippen LogP contribution in [-0.2, 0) is 11.0 Å². The summed E-state index contributed by atoms with van der Waals surface area (Å²) in [6.45, 7) is 9.25. The van der Waals surface area contributed by atoms with Gasteiger partial charge in [0.1, 0.15) is 11.6 Å². The second-order valence-electron chi connectivity index (χ2n) is 9.62. The molecule has 0 bridgehead atoms. The van der Waals surface area contributed by atoms with Crippen LogP contribution < -0.4 is 15.7 Å². The van der Waals surface area contributed by atoms with E-state index >= 15 is 0 Å². The molecule has 6 heteroatoms. The monoisotopic (exact) mass is 497 g/mol. The highest BCUT2D eigenvalue weighted by Crippen LogP contribution is 2.37. The van der Waals surface area contributed by atoms with E-state index in [0.717, 1.165) is 16.8 Å². The van der Waals surface area contributed by atoms with E-state index in [1.165, 1.54) is 10.4 Å². The van der Waals surface area contributed by atoms with Crippen molar-refractivity contribution in [1.82, 2.24) is 9.97 Å². The van der Waals surface area contributed by atoms with E-state index in [1.807, 2.05) is 19.1 Å². The summed E-state index contributed by atoms with van der Waals surface area (Å²) < 4.78 is 7.08. The molecule has 0 saturated carbocycles. The number of benzene rings is 3. The molecule has 0 spiro atoms. The van der Waals surface area contributed by atoms with Gasteiger partial charge in [-0.2, -0.15) is 0 Å². The van der Waals surface area contributed by atoms with Gasteiger partial charge in [-0.25, -0.2) is 9.97 Å². The van der Waals surface area contributed by atoms with Crippen LogP contribution in [0.2, 0.25) is 5.04 Å². The number of aryl methyl sites for hydroxylation is 1. The molecule has 0 saturated heterocycles. The molecule has 0 unspecified atom stereocenters. The van der Waals surface area contributed by atoms with Crippen LogP contribution in [0.5, 0.6) is 0 Å². The van der Waals surface area contributed by atoms with Gasteiger partial charge >= 0.3 is 0 Å². The quantitative estimate of drug-likeness (QED) is 0.241. The van der Waals surface area contributed by atoms with Crippen molar-refractivity contribution in [2.75, 3.05) is 5.32 Å². The maximum Gasteiger partial charge on any atom is 0.261 e. The molecular formula is C29H31N3OSSi. The highest BCUT2D eigenvalue weighted by Gasteiger charge is 2.50. The van der Waals surface area contributed by atoms with Crippen LogP contribution in [-0.4, -0.2) is 23.7 Å². The second kappa shape index (κ2) is 10.6. The first-order chi connectivity index (χ1) is 16.8. The maximum atomic E-state index is 7.08. The molecule has 4 rings (SSSR count). The van der Waals surface area contributed by atoms with Crippen molar-refractivity contribution in [2.24, 2.45) is 0 Å². The van der Waals surface area contributed by atoms with E-state index in [4.69, 9.17) is 16.6 Å². The molecule has 0 aliphatic heterocycles. The van der Waals surface area contributed by atoms with Crippen molar-refractivity contribution in [3.8, 4) is 0 Å². The van der Waals surface area contributed by atoms with Crippen LogP contribution in [0, 0.1) is 6.92 Å². The number of hydrogen-bond acceptors (Lipinski definition) is 5. The second-order valence-corrected chi connectivity index (χ2v) is 14.2. The molecule has 1 aromatic heterocycles. The van der Waals surface area contributed by atoms with Gasteiger partial charge in [-0.15, -0.1) is 0 Å². The third kappa shape index (κ3) is 5.40. The van der Waals surface area contributed by atoms with E-state index in [0.29, 0.717) is 18.2 Å². The lowest BCUT2D eigenvalue weighted by Gasteiger charge is -2.43. The van der Waals surface area contributed by atoms with E-state index in [-0.39, 0.29) is 5.04 Å². The van der Waals surface area contributed by atoms with Crippen molar-refractivity contribution in [3.05, 3.63) is 108 Å². The third-order valence-corrected chi connectivity index (χ3v) is 11.4. The molecule has 1 N–H and O–H groups in total. The number of hydrogen-bond donors (Lipinski definition) is 1. The lowest BCUT2D eigenvalue weighted by Crippen LogP contribution is -2.66. The summed E-state index contributed by atoms with van der Waals surface area (Å²) in [7, 11) is -2.61. The van der Waals surface area contributed by atoms with Crippen molar-refractivity contribution < 1.29 is 4.43 Å². The fraction of sp³-hybridized carbons (Fsp3) is 0.207. The molecule has 4 nitrogen and oxygen atoms in total. The SMILES string of the molecule is Cc1ncc(C=S)c(Nc2cccc(CO[Si](c3ccccc3)(c3ccccc3)C(C)(C)C)c2)n1. The van der Waals surface area contributed by atoms with Gasteiger partial charge in [-0.1, -0.05) is 106 Å². The van der Waals surface area contributed by atoms with Crippen molar-refractivity contribution in [2.45, 2.75) is 39.3 Å². The molecule has 0 fully saturated rings. The first-order valence-electron chi connectivity index (χ1n) is 11.7. The Bertz CT molecular complexity index is 1250. The van der Waals surface area contributed by atoms with Crippen LogP contribution in [0.3, 0.4) is 0 Å². The number of aromatic nitrogens is 2. The van der Waals surface area contributed by atoms with Gasteiger partial charge in [-0.3, -0.25) is 0 Å². The minimum atomic E-state index is -2.61. The normalized spacial score (nSPS) is 11.8. The van der Waals surface area contributed by atoms with E-state index in [2.05, 4.69) is 109 Å². The molecule has 35 heavy (non-hydrogen) atoms. The average Bonchev–Trinajstić information content (AvgIpc) is 2.85. The number of anilines is 2. The molecule has 1 heterocycles. The summed E-state index contributed by atoms with van der Waals surface area (Å²) in [6, 6.07) is 29.7. The molecule has 3 aromatic carbocycles. The Morgan fingerprint density at radius 3 is 2.11 bits per heavy atom. The van der Waals surface area contributed by atoms with Crippen LogP contribution in [0.25, 0.3) is 0 Å². The zero-order valence-corrected chi connectivity index (χ0v) is 22.5. The predicted octanol–water partition coefficient (Wildman–Crippen LogP) is 5.95. The molecule has 4 aromatic rings.